The van der Waals surface area contributed by atoms with Gasteiger partial charge in [-0.05, 0) is 30.4 Å². The summed E-state index contributed by atoms with van der Waals surface area (Å²) in [5.41, 5.74) is 0.107. The number of rotatable bonds is 3. The molecule has 1 atom stereocenters. The van der Waals surface area contributed by atoms with Gasteiger partial charge in [0, 0.05) is 10.8 Å². The van der Waals surface area contributed by atoms with E-state index in [1.54, 1.807) is 11.3 Å². The van der Waals surface area contributed by atoms with E-state index >= 15 is 0 Å². The van der Waals surface area contributed by atoms with Crippen molar-refractivity contribution in [2.24, 2.45) is 11.3 Å². The molecule has 0 radical (unpaired) electrons. The summed E-state index contributed by atoms with van der Waals surface area (Å²) in [5, 5.41) is 11.7. The monoisotopic (exact) mass is 305 g/mol. The van der Waals surface area contributed by atoms with E-state index in [-0.39, 0.29) is 23.8 Å². The molecule has 1 heterocycles. The van der Waals surface area contributed by atoms with Crippen molar-refractivity contribution < 1.29 is 9.90 Å². The van der Waals surface area contributed by atoms with E-state index in [0.29, 0.717) is 6.54 Å². The maximum absolute atomic E-state index is 12.4. The molecule has 1 aromatic rings. The summed E-state index contributed by atoms with van der Waals surface area (Å²) in [4.78, 5) is 14.4. The Morgan fingerprint density at radius 3 is 3.00 bits per heavy atom. The van der Waals surface area contributed by atoms with Gasteiger partial charge in [0.15, 0.2) is 0 Å². The Bertz CT molecular complexity index is 551. The van der Waals surface area contributed by atoms with Crippen LogP contribution < -0.4 is 5.32 Å². The molecule has 1 unspecified atom stereocenters. The van der Waals surface area contributed by atoms with Crippen molar-refractivity contribution in [1.82, 2.24) is 5.32 Å². The molecule has 21 heavy (non-hydrogen) atoms. The van der Waals surface area contributed by atoms with Crippen molar-refractivity contribution in [2.45, 2.75) is 46.1 Å². The molecule has 0 aliphatic heterocycles. The molecule has 1 aliphatic carbocycles. The van der Waals surface area contributed by atoms with Crippen LogP contribution in [0.2, 0.25) is 0 Å². The number of nitrogens with one attached hydrogen (secondary N) is 1. The number of amides is 1. The van der Waals surface area contributed by atoms with Gasteiger partial charge in [0.05, 0.1) is 11.4 Å². The van der Waals surface area contributed by atoms with Crippen LogP contribution in [0.5, 0.6) is 0 Å². The Hall–Kier alpha value is -1.31. The minimum Gasteiger partial charge on any atom is -0.384 e. The predicted molar refractivity (Wildman–Crippen MR) is 85.9 cm³/mol. The molecule has 0 saturated heterocycles. The van der Waals surface area contributed by atoms with E-state index in [0.717, 1.165) is 29.0 Å². The zero-order valence-electron chi connectivity index (χ0n) is 12.7. The lowest BCUT2D eigenvalue weighted by Crippen LogP contribution is -2.40. The molecule has 2 rings (SSSR count). The largest absolute Gasteiger partial charge is 0.384 e. The molecule has 1 saturated carbocycles. The van der Waals surface area contributed by atoms with Gasteiger partial charge in [-0.1, -0.05) is 38.5 Å². The lowest BCUT2D eigenvalue weighted by molar-refractivity contribution is -0.130. The third-order valence-corrected chi connectivity index (χ3v) is 5.21. The topological polar surface area (TPSA) is 49.3 Å². The van der Waals surface area contributed by atoms with E-state index in [2.05, 4.69) is 31.0 Å². The van der Waals surface area contributed by atoms with Crippen LogP contribution in [0.15, 0.2) is 12.1 Å². The fraction of sp³-hybridized carbons (Fsp3) is 0.588. The van der Waals surface area contributed by atoms with Crippen molar-refractivity contribution >= 4 is 17.2 Å². The third-order valence-electron chi connectivity index (χ3n) is 4.21. The molecular formula is C17H23NO2S. The van der Waals surface area contributed by atoms with Gasteiger partial charge in [0.1, 0.15) is 6.61 Å². The number of thiophene rings is 1. The first-order chi connectivity index (χ1) is 10.0. The highest BCUT2D eigenvalue weighted by Gasteiger charge is 2.36. The zero-order chi connectivity index (χ0) is 15.3. The maximum Gasteiger partial charge on any atom is 0.223 e. The Labute approximate surface area is 130 Å². The number of carbonyl (C=O) groups excluding carboxylic acids is 1. The number of aliphatic hydroxyl groups is 1. The summed E-state index contributed by atoms with van der Waals surface area (Å²) in [6.07, 6.45) is 4.51. The van der Waals surface area contributed by atoms with Gasteiger partial charge in [-0.25, -0.2) is 0 Å². The molecule has 0 bridgehead atoms. The summed E-state index contributed by atoms with van der Waals surface area (Å²) < 4.78 is 0. The van der Waals surface area contributed by atoms with E-state index in [1.165, 1.54) is 6.42 Å². The predicted octanol–water partition coefficient (Wildman–Crippen LogP) is 2.92. The summed E-state index contributed by atoms with van der Waals surface area (Å²) in [6.45, 7) is 4.84. The molecule has 1 fully saturated rings. The molecule has 114 valence electrons. The van der Waals surface area contributed by atoms with E-state index in [9.17, 15) is 4.79 Å². The number of aliphatic hydroxyl groups excluding tert-OH is 1. The summed E-state index contributed by atoms with van der Waals surface area (Å²) in [5.74, 6) is 5.82. The van der Waals surface area contributed by atoms with Crippen LogP contribution in [-0.4, -0.2) is 17.6 Å². The minimum absolute atomic E-state index is 0.107. The molecular weight excluding hydrogens is 282 g/mol. The molecule has 1 amide bonds. The highest BCUT2D eigenvalue weighted by molar-refractivity contribution is 7.12. The number of carbonyl (C=O) groups is 1. The molecule has 0 aromatic carbocycles. The van der Waals surface area contributed by atoms with Crippen molar-refractivity contribution in [3.63, 3.8) is 0 Å². The maximum atomic E-state index is 12.4. The molecule has 1 aromatic heterocycles. The van der Waals surface area contributed by atoms with Gasteiger partial charge in [0.2, 0.25) is 5.91 Å². The fourth-order valence-electron chi connectivity index (χ4n) is 2.94. The Balaban J connectivity index is 1.90. The average Bonchev–Trinajstić information content (AvgIpc) is 2.90. The van der Waals surface area contributed by atoms with Crippen LogP contribution in [0.1, 0.15) is 49.3 Å². The third kappa shape index (κ3) is 4.33. The van der Waals surface area contributed by atoms with Crippen LogP contribution in [0.4, 0.5) is 0 Å². The first-order valence-electron chi connectivity index (χ1n) is 7.49. The first kappa shape index (κ1) is 16.1. The second-order valence-electron chi connectivity index (χ2n) is 6.23. The second-order valence-corrected chi connectivity index (χ2v) is 7.40. The van der Waals surface area contributed by atoms with Gasteiger partial charge in [-0.3, -0.25) is 4.79 Å². The van der Waals surface area contributed by atoms with Crippen LogP contribution in [0.25, 0.3) is 0 Å². The van der Waals surface area contributed by atoms with Crippen LogP contribution >= 0.6 is 11.3 Å². The quantitative estimate of drug-likeness (QED) is 0.844. The summed E-state index contributed by atoms with van der Waals surface area (Å²) in [6, 6.07) is 3.91. The molecule has 2 N–H and O–H groups in total. The SMILES string of the molecule is CC1(C)CCCCC1C(=O)NCc1ccc(C#CCO)s1. The van der Waals surface area contributed by atoms with Gasteiger partial charge in [0.25, 0.3) is 0 Å². The molecule has 0 spiro atoms. The highest BCUT2D eigenvalue weighted by atomic mass is 32.1. The van der Waals surface area contributed by atoms with Crippen molar-refractivity contribution in [1.29, 1.82) is 0 Å². The smallest absolute Gasteiger partial charge is 0.223 e. The second kappa shape index (κ2) is 7.11. The van der Waals surface area contributed by atoms with Gasteiger partial charge in [-0.2, -0.15) is 0 Å². The van der Waals surface area contributed by atoms with Crippen LogP contribution in [0.3, 0.4) is 0 Å². The Morgan fingerprint density at radius 1 is 1.48 bits per heavy atom. The molecule has 3 nitrogen and oxygen atoms in total. The normalized spacial score (nSPS) is 20.4. The van der Waals surface area contributed by atoms with Crippen molar-refractivity contribution in [2.75, 3.05) is 6.61 Å². The average molecular weight is 305 g/mol. The van der Waals surface area contributed by atoms with E-state index < -0.39 is 0 Å². The molecule has 4 heteroatoms. The zero-order valence-corrected chi connectivity index (χ0v) is 13.6. The van der Waals surface area contributed by atoms with Crippen molar-refractivity contribution in [3.05, 3.63) is 21.9 Å². The van der Waals surface area contributed by atoms with E-state index in [4.69, 9.17) is 5.11 Å². The number of hydrogen-bond acceptors (Lipinski definition) is 3. The standard InChI is InChI=1S/C17H23NO2S/c1-17(2)10-4-3-7-15(17)16(20)18-12-14-9-8-13(21-14)6-5-11-19/h8-9,15,19H,3-4,7,10-12H2,1-2H3,(H,18,20). The highest BCUT2D eigenvalue weighted by Crippen LogP contribution is 2.40. The first-order valence-corrected chi connectivity index (χ1v) is 8.31. The van der Waals surface area contributed by atoms with Gasteiger partial charge in [-0.15, -0.1) is 11.3 Å². The van der Waals surface area contributed by atoms with Crippen LogP contribution in [0, 0.1) is 23.2 Å². The lowest BCUT2D eigenvalue weighted by atomic mass is 9.68. The van der Waals surface area contributed by atoms with Gasteiger partial charge >= 0.3 is 0 Å². The number of hydrogen-bond donors (Lipinski definition) is 2. The Kier molecular flexibility index (Phi) is 5.44. The van der Waals surface area contributed by atoms with Crippen molar-refractivity contribution in [3.8, 4) is 11.8 Å². The fourth-order valence-corrected chi connectivity index (χ4v) is 3.77. The molecule has 1 aliphatic rings. The van der Waals surface area contributed by atoms with Gasteiger partial charge < -0.3 is 10.4 Å². The van der Waals surface area contributed by atoms with Crippen LogP contribution in [-0.2, 0) is 11.3 Å². The summed E-state index contributed by atoms with van der Waals surface area (Å²) in [7, 11) is 0. The summed E-state index contributed by atoms with van der Waals surface area (Å²) >= 11 is 1.56. The lowest BCUT2D eigenvalue weighted by Gasteiger charge is -2.37. The minimum atomic E-state index is -0.124. The van der Waals surface area contributed by atoms with E-state index in [1.807, 2.05) is 12.1 Å². The Morgan fingerprint density at radius 2 is 2.29 bits per heavy atom.